The number of ether oxygens (including phenoxy) is 2. The van der Waals surface area contributed by atoms with E-state index in [1.807, 2.05) is 0 Å². The Hall–Kier alpha value is -1.95. The summed E-state index contributed by atoms with van der Waals surface area (Å²) in [6, 6.07) is 6.12. The molecule has 3 rings (SSSR count). The fraction of sp³-hybridized carbons (Fsp3) is 0.400. The summed E-state index contributed by atoms with van der Waals surface area (Å²) < 4.78 is 39.4. The SMILES string of the molecule is Fc1ccc(F)c(COc2[c]cnn2C2CCCCO2)c1. The minimum absolute atomic E-state index is 0.0848. The third-order valence-electron chi connectivity index (χ3n) is 3.38. The highest BCUT2D eigenvalue weighted by Crippen LogP contribution is 2.26. The zero-order valence-corrected chi connectivity index (χ0v) is 11.4. The summed E-state index contributed by atoms with van der Waals surface area (Å²) in [5.74, 6) is -0.634. The Kier molecular flexibility index (Phi) is 4.15. The summed E-state index contributed by atoms with van der Waals surface area (Å²) in [4.78, 5) is 0. The molecule has 1 aromatic carbocycles. The van der Waals surface area contributed by atoms with Gasteiger partial charge in [0.1, 0.15) is 18.2 Å². The van der Waals surface area contributed by atoms with Crippen LogP contribution in [0.25, 0.3) is 0 Å². The molecule has 21 heavy (non-hydrogen) atoms. The van der Waals surface area contributed by atoms with Crippen molar-refractivity contribution in [2.45, 2.75) is 32.1 Å². The van der Waals surface area contributed by atoms with Gasteiger partial charge in [0.15, 0.2) is 6.23 Å². The van der Waals surface area contributed by atoms with Gasteiger partial charge in [0.05, 0.1) is 12.3 Å². The van der Waals surface area contributed by atoms with Crippen molar-refractivity contribution in [3.05, 3.63) is 47.7 Å². The summed E-state index contributed by atoms with van der Waals surface area (Å²) in [6.07, 6.45) is 4.24. The Bertz CT molecular complexity index is 609. The molecule has 4 nitrogen and oxygen atoms in total. The maximum atomic E-state index is 13.5. The highest BCUT2D eigenvalue weighted by atomic mass is 19.1. The zero-order chi connectivity index (χ0) is 14.7. The summed E-state index contributed by atoms with van der Waals surface area (Å²) in [7, 11) is 0. The molecule has 1 saturated heterocycles. The quantitative estimate of drug-likeness (QED) is 0.868. The number of hydrogen-bond donors (Lipinski definition) is 0. The molecule has 1 aliphatic rings. The van der Waals surface area contributed by atoms with Crippen LogP contribution in [0.1, 0.15) is 31.1 Å². The van der Waals surface area contributed by atoms with Crippen LogP contribution in [-0.2, 0) is 11.3 Å². The van der Waals surface area contributed by atoms with E-state index in [1.54, 1.807) is 4.68 Å². The molecule has 6 heteroatoms. The zero-order valence-electron chi connectivity index (χ0n) is 11.4. The number of hydrogen-bond acceptors (Lipinski definition) is 3. The largest absolute Gasteiger partial charge is 0.472 e. The standard InChI is InChI=1S/C15H15F2N2O2/c16-12-4-5-13(17)11(9-12)10-21-15-6-7-18-19(15)14-3-1-2-8-20-14/h4-5,7,9,14H,1-3,8,10H2. The molecule has 0 bridgehead atoms. The first kappa shape index (κ1) is 14.0. The predicted octanol–water partition coefficient (Wildman–Crippen LogP) is 3.24. The molecule has 1 atom stereocenters. The first-order valence-corrected chi connectivity index (χ1v) is 6.87. The first-order chi connectivity index (χ1) is 10.2. The Morgan fingerprint density at radius 2 is 2.29 bits per heavy atom. The van der Waals surface area contributed by atoms with Crippen molar-refractivity contribution in [3.63, 3.8) is 0 Å². The molecule has 2 heterocycles. The predicted molar refractivity (Wildman–Crippen MR) is 70.6 cm³/mol. The fourth-order valence-electron chi connectivity index (χ4n) is 2.29. The second-order valence-corrected chi connectivity index (χ2v) is 4.88. The number of nitrogens with zero attached hydrogens (tertiary/aromatic N) is 2. The van der Waals surface area contributed by atoms with E-state index >= 15 is 0 Å². The van der Waals surface area contributed by atoms with E-state index in [0.29, 0.717) is 12.5 Å². The minimum atomic E-state index is -0.503. The molecular formula is C15H15F2N2O2. The number of halogens is 2. The van der Waals surface area contributed by atoms with Crippen molar-refractivity contribution in [2.24, 2.45) is 0 Å². The fourth-order valence-corrected chi connectivity index (χ4v) is 2.29. The van der Waals surface area contributed by atoms with Gasteiger partial charge in [0.2, 0.25) is 5.88 Å². The number of rotatable bonds is 4. The molecule has 111 valence electrons. The number of aromatic nitrogens is 2. The van der Waals surface area contributed by atoms with Gasteiger partial charge in [-0.15, -0.1) is 0 Å². The van der Waals surface area contributed by atoms with Crippen molar-refractivity contribution in [1.82, 2.24) is 9.78 Å². The lowest BCUT2D eigenvalue weighted by Gasteiger charge is -2.24. The van der Waals surface area contributed by atoms with Gasteiger partial charge in [-0.3, -0.25) is 0 Å². The Morgan fingerprint density at radius 3 is 3.10 bits per heavy atom. The topological polar surface area (TPSA) is 36.3 Å². The van der Waals surface area contributed by atoms with Crippen LogP contribution in [0.2, 0.25) is 0 Å². The Labute approximate surface area is 121 Å². The summed E-state index contributed by atoms with van der Waals surface area (Å²) >= 11 is 0. The monoisotopic (exact) mass is 293 g/mol. The Balaban J connectivity index is 1.71. The van der Waals surface area contributed by atoms with Gasteiger partial charge in [0.25, 0.3) is 0 Å². The van der Waals surface area contributed by atoms with Crippen LogP contribution in [0.15, 0.2) is 24.4 Å². The molecule has 1 aliphatic heterocycles. The molecule has 1 unspecified atom stereocenters. The molecule has 0 amide bonds. The van der Waals surface area contributed by atoms with Gasteiger partial charge in [-0.05, 0) is 37.5 Å². The highest BCUT2D eigenvalue weighted by Gasteiger charge is 2.20. The van der Waals surface area contributed by atoms with Crippen molar-refractivity contribution >= 4 is 0 Å². The molecule has 1 aromatic heterocycles. The first-order valence-electron chi connectivity index (χ1n) is 6.87. The second kappa shape index (κ2) is 6.22. The lowest BCUT2D eigenvalue weighted by Crippen LogP contribution is -2.20. The molecule has 0 saturated carbocycles. The van der Waals surface area contributed by atoms with Crippen molar-refractivity contribution in [3.8, 4) is 5.88 Å². The van der Waals surface area contributed by atoms with Crippen LogP contribution in [-0.4, -0.2) is 16.4 Å². The maximum Gasteiger partial charge on any atom is 0.222 e. The molecule has 0 aliphatic carbocycles. The average molecular weight is 293 g/mol. The second-order valence-electron chi connectivity index (χ2n) is 4.88. The third kappa shape index (κ3) is 3.21. The van der Waals surface area contributed by atoms with Crippen LogP contribution in [0.4, 0.5) is 8.78 Å². The van der Waals surface area contributed by atoms with Gasteiger partial charge in [-0.2, -0.15) is 5.10 Å². The van der Waals surface area contributed by atoms with E-state index in [9.17, 15) is 8.78 Å². The highest BCUT2D eigenvalue weighted by molar-refractivity contribution is 5.19. The van der Waals surface area contributed by atoms with Gasteiger partial charge in [-0.25, -0.2) is 13.5 Å². The molecule has 1 radical (unpaired) electrons. The van der Waals surface area contributed by atoms with Crippen molar-refractivity contribution in [2.75, 3.05) is 6.61 Å². The summed E-state index contributed by atoms with van der Waals surface area (Å²) in [6.45, 7) is 0.598. The van der Waals surface area contributed by atoms with E-state index < -0.39 is 11.6 Å². The van der Waals surface area contributed by atoms with E-state index in [4.69, 9.17) is 9.47 Å². The smallest absolute Gasteiger partial charge is 0.222 e. The van der Waals surface area contributed by atoms with Gasteiger partial charge >= 0.3 is 0 Å². The van der Waals surface area contributed by atoms with E-state index in [-0.39, 0.29) is 18.4 Å². The van der Waals surface area contributed by atoms with Crippen LogP contribution in [0.3, 0.4) is 0 Å². The molecule has 0 spiro atoms. The minimum Gasteiger partial charge on any atom is -0.472 e. The van der Waals surface area contributed by atoms with Gasteiger partial charge in [0, 0.05) is 12.2 Å². The van der Waals surface area contributed by atoms with Crippen LogP contribution in [0, 0.1) is 17.7 Å². The summed E-state index contributed by atoms with van der Waals surface area (Å²) in [5, 5.41) is 4.14. The molecule has 2 aromatic rings. The third-order valence-corrected chi connectivity index (χ3v) is 3.38. The van der Waals surface area contributed by atoms with Crippen LogP contribution < -0.4 is 4.74 Å². The molecule has 0 N–H and O–H groups in total. The lowest BCUT2D eigenvalue weighted by atomic mass is 10.2. The van der Waals surface area contributed by atoms with Gasteiger partial charge in [-0.1, -0.05) is 0 Å². The van der Waals surface area contributed by atoms with Crippen molar-refractivity contribution < 1.29 is 18.3 Å². The number of benzene rings is 1. The van der Waals surface area contributed by atoms with E-state index in [1.165, 1.54) is 6.20 Å². The normalized spacial score (nSPS) is 18.7. The maximum absolute atomic E-state index is 13.5. The van der Waals surface area contributed by atoms with E-state index in [0.717, 1.165) is 37.5 Å². The van der Waals surface area contributed by atoms with Gasteiger partial charge < -0.3 is 9.47 Å². The Morgan fingerprint density at radius 1 is 1.38 bits per heavy atom. The van der Waals surface area contributed by atoms with Crippen LogP contribution >= 0.6 is 0 Å². The average Bonchev–Trinajstić information content (AvgIpc) is 2.97. The molecular weight excluding hydrogens is 278 g/mol. The van der Waals surface area contributed by atoms with Crippen LogP contribution in [0.5, 0.6) is 5.88 Å². The van der Waals surface area contributed by atoms with Crippen molar-refractivity contribution in [1.29, 1.82) is 0 Å². The molecule has 1 fully saturated rings. The summed E-state index contributed by atoms with van der Waals surface area (Å²) in [5.41, 5.74) is 0.153. The lowest BCUT2D eigenvalue weighted by molar-refractivity contribution is -0.0443. The van der Waals surface area contributed by atoms with E-state index in [2.05, 4.69) is 11.2 Å².